The first-order valence-electron chi connectivity index (χ1n) is 9.64. The van der Waals surface area contributed by atoms with Crippen LogP contribution >= 0.6 is 0 Å². The van der Waals surface area contributed by atoms with Gasteiger partial charge in [-0.15, -0.1) is 0 Å². The van der Waals surface area contributed by atoms with Crippen molar-refractivity contribution in [2.24, 2.45) is 7.05 Å². The van der Waals surface area contributed by atoms with Gasteiger partial charge in [-0.05, 0) is 49.3 Å². The molecule has 7 nitrogen and oxygen atoms in total. The Morgan fingerprint density at radius 1 is 1.30 bits per heavy atom. The van der Waals surface area contributed by atoms with Crippen molar-refractivity contribution in [2.45, 2.75) is 38.1 Å². The van der Waals surface area contributed by atoms with Gasteiger partial charge in [0, 0.05) is 32.4 Å². The number of fused-ring (bicyclic) bond motifs is 1. The maximum absolute atomic E-state index is 12.7. The highest BCUT2D eigenvalue weighted by Gasteiger charge is 2.24. The first kappa shape index (κ1) is 17.7. The van der Waals surface area contributed by atoms with E-state index in [4.69, 9.17) is 4.74 Å². The molecule has 2 amide bonds. The third-order valence-corrected chi connectivity index (χ3v) is 5.52. The third-order valence-electron chi connectivity index (χ3n) is 5.52. The maximum Gasteiger partial charge on any atom is 0.319 e. The van der Waals surface area contributed by atoms with Crippen molar-refractivity contribution < 1.29 is 9.53 Å². The van der Waals surface area contributed by atoms with Crippen molar-refractivity contribution in [3.8, 4) is 5.75 Å². The molecular formula is C20H27N5O2. The summed E-state index contributed by atoms with van der Waals surface area (Å²) in [5, 5.41) is 10.4. The SMILES string of the molecule is COc1ccc2c(c1NC(=O)N[C@H]1CCCN(c3cnn(C)c3)C1)CCC2. The Kier molecular flexibility index (Phi) is 4.92. The summed E-state index contributed by atoms with van der Waals surface area (Å²) in [5.74, 6) is 0.728. The number of carbonyl (C=O) groups is 1. The molecule has 0 saturated carbocycles. The second-order valence-corrected chi connectivity index (χ2v) is 7.39. The number of nitrogens with one attached hydrogen (secondary N) is 2. The normalized spacial score (nSPS) is 18.9. The topological polar surface area (TPSA) is 71.4 Å². The molecule has 0 spiro atoms. The third kappa shape index (κ3) is 3.72. The van der Waals surface area contributed by atoms with Gasteiger partial charge in [0.05, 0.1) is 24.7 Å². The summed E-state index contributed by atoms with van der Waals surface area (Å²) in [4.78, 5) is 15.0. The first-order valence-corrected chi connectivity index (χ1v) is 9.64. The van der Waals surface area contributed by atoms with Crippen molar-refractivity contribution in [1.82, 2.24) is 15.1 Å². The minimum atomic E-state index is -0.161. The number of carbonyl (C=O) groups excluding carboxylic acids is 1. The number of benzene rings is 1. The highest BCUT2D eigenvalue weighted by Crippen LogP contribution is 2.36. The summed E-state index contributed by atoms with van der Waals surface area (Å²) >= 11 is 0. The van der Waals surface area contributed by atoms with Crippen molar-refractivity contribution in [3.05, 3.63) is 35.7 Å². The Hall–Kier alpha value is -2.70. The molecule has 1 atom stereocenters. The summed E-state index contributed by atoms with van der Waals surface area (Å²) in [6.07, 6.45) is 9.10. The van der Waals surface area contributed by atoms with Gasteiger partial charge in [0.1, 0.15) is 5.75 Å². The van der Waals surface area contributed by atoms with Gasteiger partial charge in [-0.3, -0.25) is 4.68 Å². The van der Waals surface area contributed by atoms with E-state index in [9.17, 15) is 4.79 Å². The predicted molar refractivity (Wildman–Crippen MR) is 106 cm³/mol. The first-order chi connectivity index (χ1) is 13.1. The molecular weight excluding hydrogens is 342 g/mol. The lowest BCUT2D eigenvalue weighted by Gasteiger charge is -2.33. The molecule has 1 aliphatic heterocycles. The number of rotatable bonds is 4. The Labute approximate surface area is 159 Å². The van der Waals surface area contributed by atoms with Gasteiger partial charge in [0.25, 0.3) is 0 Å². The van der Waals surface area contributed by atoms with E-state index in [0.29, 0.717) is 0 Å². The van der Waals surface area contributed by atoms with E-state index in [1.165, 1.54) is 11.1 Å². The number of aromatic nitrogens is 2. The molecule has 4 rings (SSSR count). The maximum atomic E-state index is 12.7. The molecule has 27 heavy (non-hydrogen) atoms. The molecule has 1 aliphatic carbocycles. The van der Waals surface area contributed by atoms with E-state index in [1.54, 1.807) is 11.8 Å². The van der Waals surface area contributed by atoms with E-state index < -0.39 is 0 Å². The molecule has 1 saturated heterocycles. The summed E-state index contributed by atoms with van der Waals surface area (Å²) < 4.78 is 7.29. The second-order valence-electron chi connectivity index (χ2n) is 7.39. The monoisotopic (exact) mass is 369 g/mol. The molecule has 1 fully saturated rings. The highest BCUT2D eigenvalue weighted by molar-refractivity contribution is 5.92. The Balaban J connectivity index is 1.42. The average Bonchev–Trinajstić information content (AvgIpc) is 3.31. The Bertz CT molecular complexity index is 832. The van der Waals surface area contributed by atoms with Crippen LogP contribution in [0.5, 0.6) is 5.75 Å². The number of piperidine rings is 1. The average molecular weight is 369 g/mol. The molecule has 7 heteroatoms. The van der Waals surface area contributed by atoms with E-state index in [2.05, 4.69) is 26.7 Å². The van der Waals surface area contributed by atoms with Gasteiger partial charge >= 0.3 is 6.03 Å². The molecule has 2 aliphatic rings. The van der Waals surface area contributed by atoms with Gasteiger partial charge < -0.3 is 20.3 Å². The van der Waals surface area contributed by atoms with Crippen LogP contribution in [0.15, 0.2) is 24.5 Å². The molecule has 1 aromatic carbocycles. The lowest BCUT2D eigenvalue weighted by Crippen LogP contribution is -2.49. The number of hydrogen-bond donors (Lipinski definition) is 2. The summed E-state index contributed by atoms with van der Waals surface area (Å²) in [6, 6.07) is 4.01. The van der Waals surface area contributed by atoms with Gasteiger partial charge in [0.2, 0.25) is 0 Å². The van der Waals surface area contributed by atoms with Crippen molar-refractivity contribution in [1.29, 1.82) is 0 Å². The van der Waals surface area contributed by atoms with E-state index >= 15 is 0 Å². The van der Waals surface area contributed by atoms with Crippen LogP contribution in [-0.4, -0.2) is 42.1 Å². The number of methoxy groups -OCH3 is 1. The van der Waals surface area contributed by atoms with Crippen LogP contribution < -0.4 is 20.3 Å². The Morgan fingerprint density at radius 3 is 2.96 bits per heavy atom. The zero-order valence-corrected chi connectivity index (χ0v) is 16.0. The quantitative estimate of drug-likeness (QED) is 0.869. The van der Waals surface area contributed by atoms with E-state index in [-0.39, 0.29) is 12.1 Å². The molecule has 1 aromatic heterocycles. The summed E-state index contributed by atoms with van der Waals surface area (Å²) in [6.45, 7) is 1.79. The van der Waals surface area contributed by atoms with Crippen LogP contribution in [0.1, 0.15) is 30.4 Å². The molecule has 2 aromatic rings. The standard InChI is InChI=1S/C20H27N5O2/c1-24-13-16(11-21-24)25-10-4-6-15(12-25)22-20(26)23-19-17-7-3-5-14(17)8-9-18(19)27-2/h8-9,11,13,15H,3-7,10,12H2,1-2H3,(H2,22,23,26)/t15-/m0/s1. The number of anilines is 2. The van der Waals surface area contributed by atoms with Gasteiger partial charge in [-0.1, -0.05) is 6.07 Å². The molecule has 0 unspecified atom stereocenters. The molecule has 2 N–H and O–H groups in total. The zero-order chi connectivity index (χ0) is 18.8. The fraction of sp³-hybridized carbons (Fsp3) is 0.500. The van der Waals surface area contributed by atoms with Gasteiger partial charge in [0.15, 0.2) is 0 Å². The molecule has 0 radical (unpaired) electrons. The summed E-state index contributed by atoms with van der Waals surface area (Å²) in [5.41, 5.74) is 4.45. The zero-order valence-electron chi connectivity index (χ0n) is 16.0. The van der Waals surface area contributed by atoms with Crippen LogP contribution in [0.25, 0.3) is 0 Å². The number of nitrogens with zero attached hydrogens (tertiary/aromatic N) is 3. The van der Waals surface area contributed by atoms with Crippen molar-refractivity contribution in [3.63, 3.8) is 0 Å². The minimum absolute atomic E-state index is 0.113. The van der Waals surface area contributed by atoms with E-state index in [0.717, 1.165) is 62.3 Å². The number of ether oxygens (including phenoxy) is 1. The minimum Gasteiger partial charge on any atom is -0.495 e. The lowest BCUT2D eigenvalue weighted by atomic mass is 10.1. The molecule has 0 bridgehead atoms. The summed E-state index contributed by atoms with van der Waals surface area (Å²) in [7, 11) is 3.56. The fourth-order valence-corrected chi connectivity index (χ4v) is 4.19. The number of aryl methyl sites for hydroxylation is 2. The second kappa shape index (κ2) is 7.50. The van der Waals surface area contributed by atoms with Gasteiger partial charge in [-0.25, -0.2) is 4.79 Å². The number of urea groups is 1. The van der Waals surface area contributed by atoms with Gasteiger partial charge in [-0.2, -0.15) is 5.10 Å². The van der Waals surface area contributed by atoms with Crippen LogP contribution in [-0.2, 0) is 19.9 Å². The van der Waals surface area contributed by atoms with Crippen molar-refractivity contribution >= 4 is 17.4 Å². The largest absolute Gasteiger partial charge is 0.495 e. The predicted octanol–water partition coefficient (Wildman–Crippen LogP) is 2.71. The van der Waals surface area contributed by atoms with Crippen LogP contribution in [0.3, 0.4) is 0 Å². The van der Waals surface area contributed by atoms with E-state index in [1.807, 2.05) is 25.5 Å². The Morgan fingerprint density at radius 2 is 2.19 bits per heavy atom. The van der Waals surface area contributed by atoms with Crippen LogP contribution in [0.4, 0.5) is 16.2 Å². The fourth-order valence-electron chi connectivity index (χ4n) is 4.19. The lowest BCUT2D eigenvalue weighted by molar-refractivity contribution is 0.246. The molecule has 144 valence electrons. The van der Waals surface area contributed by atoms with Crippen molar-refractivity contribution in [2.75, 3.05) is 30.4 Å². The van der Waals surface area contributed by atoms with Crippen LogP contribution in [0, 0.1) is 0 Å². The smallest absolute Gasteiger partial charge is 0.319 e. The number of hydrogen-bond acceptors (Lipinski definition) is 4. The molecule has 2 heterocycles. The highest BCUT2D eigenvalue weighted by atomic mass is 16.5. The van der Waals surface area contributed by atoms with Crippen LogP contribution in [0.2, 0.25) is 0 Å². The number of amides is 2.